The Kier molecular flexibility index (Phi) is 5.21. The number of aromatic amines is 1. The third-order valence-corrected chi connectivity index (χ3v) is 3.95. The minimum atomic E-state index is -0.325. The number of amides is 1. The Morgan fingerprint density at radius 1 is 1.41 bits per heavy atom. The molecule has 0 radical (unpaired) electrons. The van der Waals surface area contributed by atoms with Gasteiger partial charge in [0.2, 0.25) is 5.91 Å². The number of aromatic nitrogens is 2. The number of thioether (sulfide) groups is 1. The molecule has 0 fully saturated rings. The summed E-state index contributed by atoms with van der Waals surface area (Å²) < 4.78 is 0. The van der Waals surface area contributed by atoms with Gasteiger partial charge in [-0.05, 0) is 25.5 Å². The highest BCUT2D eigenvalue weighted by molar-refractivity contribution is 7.99. The molecule has 1 amide bonds. The van der Waals surface area contributed by atoms with Crippen molar-refractivity contribution >= 4 is 29.2 Å². The summed E-state index contributed by atoms with van der Waals surface area (Å²) in [7, 11) is 0. The average molecular weight is 318 g/mol. The van der Waals surface area contributed by atoms with Gasteiger partial charge in [-0.15, -0.1) is 0 Å². The molecule has 0 saturated carbocycles. The molecule has 1 aromatic carbocycles. The predicted octanol–water partition coefficient (Wildman–Crippen LogP) is 1.81. The smallest absolute Gasteiger partial charge is 0.253 e. The molecule has 0 aliphatic carbocycles. The van der Waals surface area contributed by atoms with Crippen molar-refractivity contribution < 1.29 is 4.79 Å². The number of nitrogens with zero attached hydrogens (tertiary/aromatic N) is 2. The molecule has 116 valence electrons. The quantitative estimate of drug-likeness (QED) is 0.648. The normalized spacial score (nSPS) is 10.5. The van der Waals surface area contributed by atoms with Gasteiger partial charge in [-0.2, -0.15) is 0 Å². The number of para-hydroxylation sites is 1. The standard InChI is InChI=1S/C15H18N4O2S/c1-3-19(11-7-5-4-6-10(11)2)14(21)9-22-15-17-12(16)8-13(20)18-15/h4-8H,3,9H2,1-2H3,(H3,16,17,18,20). The molecule has 0 atom stereocenters. The summed E-state index contributed by atoms with van der Waals surface area (Å²) in [6.07, 6.45) is 0. The molecule has 0 bridgehead atoms. The monoisotopic (exact) mass is 318 g/mol. The Morgan fingerprint density at radius 3 is 2.77 bits per heavy atom. The number of rotatable bonds is 5. The van der Waals surface area contributed by atoms with Gasteiger partial charge in [-0.25, -0.2) is 4.98 Å². The van der Waals surface area contributed by atoms with Crippen LogP contribution in [-0.2, 0) is 4.79 Å². The first kappa shape index (κ1) is 16.1. The molecule has 2 aromatic rings. The van der Waals surface area contributed by atoms with Crippen LogP contribution in [0.5, 0.6) is 0 Å². The molecule has 3 N–H and O–H groups in total. The highest BCUT2D eigenvalue weighted by Gasteiger charge is 2.16. The van der Waals surface area contributed by atoms with Crippen LogP contribution in [0.3, 0.4) is 0 Å². The zero-order valence-corrected chi connectivity index (χ0v) is 13.3. The van der Waals surface area contributed by atoms with Crippen molar-refractivity contribution in [1.29, 1.82) is 0 Å². The molecule has 1 heterocycles. The van der Waals surface area contributed by atoms with Gasteiger partial charge in [0.15, 0.2) is 5.16 Å². The first-order valence-corrected chi connectivity index (χ1v) is 7.85. The van der Waals surface area contributed by atoms with E-state index in [0.717, 1.165) is 23.0 Å². The highest BCUT2D eigenvalue weighted by Crippen LogP contribution is 2.21. The van der Waals surface area contributed by atoms with Gasteiger partial charge in [0, 0.05) is 18.3 Å². The van der Waals surface area contributed by atoms with Crippen LogP contribution in [0.15, 0.2) is 40.3 Å². The third-order valence-electron chi connectivity index (χ3n) is 3.10. The molecule has 0 spiro atoms. The number of benzene rings is 1. The Morgan fingerprint density at radius 2 is 2.14 bits per heavy atom. The van der Waals surface area contributed by atoms with Gasteiger partial charge in [0.1, 0.15) is 5.82 Å². The molecular formula is C15H18N4O2S. The van der Waals surface area contributed by atoms with Crippen LogP contribution < -0.4 is 16.2 Å². The Hall–Kier alpha value is -2.28. The molecule has 1 aromatic heterocycles. The number of nitrogens with two attached hydrogens (primary N) is 1. The summed E-state index contributed by atoms with van der Waals surface area (Å²) in [5.41, 5.74) is 7.13. The molecule has 0 aliphatic rings. The Labute approximate surface area is 132 Å². The number of hydrogen-bond acceptors (Lipinski definition) is 5. The molecule has 0 unspecified atom stereocenters. The van der Waals surface area contributed by atoms with E-state index in [4.69, 9.17) is 5.73 Å². The lowest BCUT2D eigenvalue weighted by atomic mass is 10.2. The second-order valence-corrected chi connectivity index (χ2v) is 5.65. The fourth-order valence-corrected chi connectivity index (χ4v) is 2.84. The van der Waals surface area contributed by atoms with Crippen molar-refractivity contribution in [2.24, 2.45) is 0 Å². The maximum atomic E-state index is 12.4. The second kappa shape index (κ2) is 7.13. The number of carbonyl (C=O) groups is 1. The van der Waals surface area contributed by atoms with Crippen molar-refractivity contribution in [2.45, 2.75) is 19.0 Å². The van der Waals surface area contributed by atoms with Gasteiger partial charge >= 0.3 is 0 Å². The molecule has 6 nitrogen and oxygen atoms in total. The highest BCUT2D eigenvalue weighted by atomic mass is 32.2. The van der Waals surface area contributed by atoms with E-state index in [2.05, 4.69) is 9.97 Å². The van der Waals surface area contributed by atoms with E-state index in [-0.39, 0.29) is 23.0 Å². The number of aryl methyl sites for hydroxylation is 1. The van der Waals surface area contributed by atoms with Crippen molar-refractivity contribution in [3.8, 4) is 0 Å². The van der Waals surface area contributed by atoms with Gasteiger partial charge in [-0.1, -0.05) is 30.0 Å². The lowest BCUT2D eigenvalue weighted by Crippen LogP contribution is -2.32. The fourth-order valence-electron chi connectivity index (χ4n) is 2.08. The van der Waals surface area contributed by atoms with Crippen LogP contribution in [0.2, 0.25) is 0 Å². The molecule has 2 rings (SSSR count). The molecule has 7 heteroatoms. The summed E-state index contributed by atoms with van der Waals surface area (Å²) in [5.74, 6) is 0.269. The number of anilines is 2. The second-order valence-electron chi connectivity index (χ2n) is 4.69. The van der Waals surface area contributed by atoms with E-state index >= 15 is 0 Å². The van der Waals surface area contributed by atoms with E-state index in [9.17, 15) is 9.59 Å². The summed E-state index contributed by atoms with van der Waals surface area (Å²) in [6, 6.07) is 8.94. The minimum Gasteiger partial charge on any atom is -0.383 e. The van der Waals surface area contributed by atoms with Crippen molar-refractivity contribution in [1.82, 2.24) is 9.97 Å². The van der Waals surface area contributed by atoms with Crippen molar-refractivity contribution in [2.75, 3.05) is 22.9 Å². The lowest BCUT2D eigenvalue weighted by Gasteiger charge is -2.22. The van der Waals surface area contributed by atoms with E-state index in [1.807, 2.05) is 38.1 Å². The van der Waals surface area contributed by atoms with Crippen LogP contribution >= 0.6 is 11.8 Å². The van der Waals surface area contributed by atoms with Gasteiger partial charge < -0.3 is 15.6 Å². The van der Waals surface area contributed by atoms with E-state index in [0.29, 0.717) is 11.7 Å². The van der Waals surface area contributed by atoms with Crippen molar-refractivity contribution in [3.63, 3.8) is 0 Å². The summed E-state index contributed by atoms with van der Waals surface area (Å²) >= 11 is 1.16. The Balaban J connectivity index is 2.10. The van der Waals surface area contributed by atoms with Crippen LogP contribution in [0, 0.1) is 6.92 Å². The first-order chi connectivity index (χ1) is 10.5. The summed E-state index contributed by atoms with van der Waals surface area (Å²) in [4.78, 5) is 32.0. The van der Waals surface area contributed by atoms with Crippen LogP contribution in [0.4, 0.5) is 11.5 Å². The zero-order chi connectivity index (χ0) is 16.1. The van der Waals surface area contributed by atoms with E-state index in [1.165, 1.54) is 6.07 Å². The number of nitrogen functional groups attached to an aromatic ring is 1. The molecule has 0 aliphatic heterocycles. The Bertz CT molecular complexity index is 729. The fraction of sp³-hybridized carbons (Fsp3) is 0.267. The summed E-state index contributed by atoms with van der Waals surface area (Å²) in [6.45, 7) is 4.47. The van der Waals surface area contributed by atoms with E-state index in [1.54, 1.807) is 4.90 Å². The average Bonchev–Trinajstić information content (AvgIpc) is 2.47. The van der Waals surface area contributed by atoms with Gasteiger partial charge in [0.05, 0.1) is 5.75 Å². The maximum Gasteiger partial charge on any atom is 0.253 e. The summed E-state index contributed by atoms with van der Waals surface area (Å²) in [5, 5.41) is 0.346. The number of carbonyl (C=O) groups excluding carboxylic acids is 1. The molecule has 22 heavy (non-hydrogen) atoms. The van der Waals surface area contributed by atoms with Gasteiger partial charge in [0.25, 0.3) is 5.56 Å². The SMILES string of the molecule is CCN(C(=O)CSc1nc(N)cc(=O)[nH]1)c1ccccc1C. The predicted molar refractivity (Wildman–Crippen MR) is 89.2 cm³/mol. The van der Waals surface area contributed by atoms with Crippen LogP contribution in [0.25, 0.3) is 0 Å². The number of hydrogen-bond donors (Lipinski definition) is 2. The van der Waals surface area contributed by atoms with Crippen LogP contribution in [0.1, 0.15) is 12.5 Å². The molecular weight excluding hydrogens is 300 g/mol. The van der Waals surface area contributed by atoms with Crippen LogP contribution in [-0.4, -0.2) is 28.2 Å². The van der Waals surface area contributed by atoms with E-state index < -0.39 is 0 Å². The third kappa shape index (κ3) is 3.88. The van der Waals surface area contributed by atoms with Gasteiger partial charge in [-0.3, -0.25) is 9.59 Å². The zero-order valence-electron chi connectivity index (χ0n) is 12.5. The number of H-pyrrole nitrogens is 1. The topological polar surface area (TPSA) is 92.1 Å². The first-order valence-electron chi connectivity index (χ1n) is 6.87. The minimum absolute atomic E-state index is 0.0492. The maximum absolute atomic E-state index is 12.4. The largest absolute Gasteiger partial charge is 0.383 e. The van der Waals surface area contributed by atoms with Crippen molar-refractivity contribution in [3.05, 3.63) is 46.2 Å². The lowest BCUT2D eigenvalue weighted by molar-refractivity contribution is -0.116. The molecule has 0 saturated heterocycles. The number of nitrogens with one attached hydrogen (secondary N) is 1.